The van der Waals surface area contributed by atoms with Crippen LogP contribution in [-0.2, 0) is 0 Å². The van der Waals surface area contributed by atoms with Crippen molar-refractivity contribution in [2.75, 3.05) is 5.32 Å². The van der Waals surface area contributed by atoms with E-state index in [2.05, 4.69) is 31.8 Å². The fourth-order valence-electron chi connectivity index (χ4n) is 1.42. The number of hydrogen-bond acceptors (Lipinski definition) is 3. The molecule has 0 saturated heterocycles. The van der Waals surface area contributed by atoms with Gasteiger partial charge in [-0.3, -0.25) is 0 Å². The van der Waals surface area contributed by atoms with E-state index in [1.165, 1.54) is 6.21 Å². The van der Waals surface area contributed by atoms with E-state index in [1.807, 2.05) is 31.2 Å². The molecular formula is C13H12BrN3O2. The van der Waals surface area contributed by atoms with E-state index in [-0.39, 0.29) is 0 Å². The number of aryl methyl sites for hydroxylation is 1. The first-order chi connectivity index (χ1) is 9.15. The molecule has 0 fully saturated rings. The largest absolute Gasteiger partial charge is 0.448 e. The molecular weight excluding hydrogens is 310 g/mol. The second-order valence-electron chi connectivity index (χ2n) is 3.78. The van der Waals surface area contributed by atoms with Gasteiger partial charge in [-0.15, -0.1) is 0 Å². The molecule has 0 radical (unpaired) electrons. The second-order valence-corrected chi connectivity index (χ2v) is 4.56. The van der Waals surface area contributed by atoms with Gasteiger partial charge in [-0.2, -0.15) is 5.10 Å². The Balaban J connectivity index is 1.88. The summed E-state index contributed by atoms with van der Waals surface area (Å²) in [6, 6.07) is 10.6. The van der Waals surface area contributed by atoms with Gasteiger partial charge in [0.1, 0.15) is 5.76 Å². The molecule has 0 atom stereocenters. The highest BCUT2D eigenvalue weighted by Gasteiger charge is 2.02. The van der Waals surface area contributed by atoms with Crippen LogP contribution in [0.3, 0.4) is 0 Å². The quantitative estimate of drug-likeness (QED) is 0.671. The normalized spacial score (nSPS) is 10.6. The lowest BCUT2D eigenvalue weighted by Gasteiger charge is -2.06. The zero-order valence-corrected chi connectivity index (χ0v) is 11.8. The Labute approximate surface area is 118 Å². The van der Waals surface area contributed by atoms with Crippen LogP contribution in [0.5, 0.6) is 0 Å². The molecule has 0 spiro atoms. The van der Waals surface area contributed by atoms with Gasteiger partial charge in [-0.05, 0) is 46.6 Å². The summed E-state index contributed by atoms with van der Waals surface area (Å²) in [7, 11) is 0. The molecule has 0 aliphatic carbocycles. The monoisotopic (exact) mass is 321 g/mol. The molecule has 2 N–H and O–H groups in total. The summed E-state index contributed by atoms with van der Waals surface area (Å²) in [6.45, 7) is 1.92. The average Bonchev–Trinajstić information content (AvgIpc) is 2.78. The number of carbonyl (C=O) groups is 1. The van der Waals surface area contributed by atoms with Crippen LogP contribution >= 0.6 is 15.9 Å². The maximum atomic E-state index is 11.6. The third kappa shape index (κ3) is 3.96. The molecule has 2 aromatic rings. The van der Waals surface area contributed by atoms with Gasteiger partial charge in [0.25, 0.3) is 0 Å². The first kappa shape index (κ1) is 13.4. The van der Waals surface area contributed by atoms with Crippen LogP contribution in [-0.4, -0.2) is 12.2 Å². The van der Waals surface area contributed by atoms with Crippen molar-refractivity contribution in [1.29, 1.82) is 0 Å². The van der Waals surface area contributed by atoms with Crippen molar-refractivity contribution in [2.45, 2.75) is 6.92 Å². The van der Waals surface area contributed by atoms with Crippen molar-refractivity contribution >= 4 is 33.9 Å². The number of carbonyl (C=O) groups excluding carboxylic acids is 1. The van der Waals surface area contributed by atoms with Crippen LogP contribution in [0.1, 0.15) is 11.3 Å². The van der Waals surface area contributed by atoms with Gasteiger partial charge in [0.15, 0.2) is 4.67 Å². The molecule has 1 heterocycles. The summed E-state index contributed by atoms with van der Waals surface area (Å²) in [5, 5.41) is 6.48. The number of amides is 2. The number of hydrazone groups is 1. The van der Waals surface area contributed by atoms with E-state index in [4.69, 9.17) is 4.42 Å². The number of para-hydroxylation sites is 1. The van der Waals surface area contributed by atoms with Gasteiger partial charge in [0.05, 0.1) is 6.21 Å². The Morgan fingerprint density at radius 3 is 2.79 bits per heavy atom. The first-order valence-corrected chi connectivity index (χ1v) is 6.35. The second kappa shape index (κ2) is 6.19. The summed E-state index contributed by atoms with van der Waals surface area (Å²) in [6.07, 6.45) is 1.42. The summed E-state index contributed by atoms with van der Waals surface area (Å²) in [4.78, 5) is 11.6. The number of rotatable bonds is 3. The molecule has 0 bridgehead atoms. The number of halogens is 1. The maximum absolute atomic E-state index is 11.6. The lowest BCUT2D eigenvalue weighted by molar-refractivity contribution is 0.252. The van der Waals surface area contributed by atoms with Crippen LogP contribution in [0.15, 0.2) is 50.6 Å². The minimum Gasteiger partial charge on any atom is -0.448 e. The molecule has 98 valence electrons. The lowest BCUT2D eigenvalue weighted by Crippen LogP contribution is -2.24. The summed E-state index contributed by atoms with van der Waals surface area (Å²) < 4.78 is 5.81. The molecule has 0 aliphatic heterocycles. The zero-order chi connectivity index (χ0) is 13.7. The van der Waals surface area contributed by atoms with Crippen molar-refractivity contribution < 1.29 is 9.21 Å². The minimum atomic E-state index is -0.406. The number of urea groups is 1. The average molecular weight is 322 g/mol. The van der Waals surface area contributed by atoms with Crippen molar-refractivity contribution in [3.8, 4) is 0 Å². The summed E-state index contributed by atoms with van der Waals surface area (Å²) in [5.74, 6) is 0.545. The van der Waals surface area contributed by atoms with Gasteiger partial charge < -0.3 is 9.73 Å². The summed E-state index contributed by atoms with van der Waals surface area (Å²) in [5.41, 5.74) is 4.09. The highest BCUT2D eigenvalue weighted by molar-refractivity contribution is 9.10. The fourth-order valence-corrected chi connectivity index (χ4v) is 1.73. The van der Waals surface area contributed by atoms with Crippen molar-refractivity contribution in [3.63, 3.8) is 0 Å². The molecule has 6 heteroatoms. The molecule has 1 aromatic heterocycles. The van der Waals surface area contributed by atoms with E-state index in [1.54, 1.807) is 12.1 Å². The smallest absolute Gasteiger partial charge is 0.339 e. The van der Waals surface area contributed by atoms with Crippen molar-refractivity contribution in [3.05, 3.63) is 52.4 Å². The summed E-state index contributed by atoms with van der Waals surface area (Å²) >= 11 is 3.18. The third-order valence-electron chi connectivity index (χ3n) is 2.35. The molecule has 0 unspecified atom stereocenters. The Kier molecular flexibility index (Phi) is 4.35. The SMILES string of the molecule is Cc1ccccc1NC(=O)NN=Cc1ccc(Br)o1. The van der Waals surface area contributed by atoms with Crippen LogP contribution in [0.2, 0.25) is 0 Å². The molecule has 5 nitrogen and oxygen atoms in total. The molecule has 1 aromatic carbocycles. The van der Waals surface area contributed by atoms with Crippen LogP contribution in [0.4, 0.5) is 10.5 Å². The Morgan fingerprint density at radius 2 is 2.11 bits per heavy atom. The van der Waals surface area contributed by atoms with Crippen LogP contribution in [0, 0.1) is 6.92 Å². The Bertz CT molecular complexity index is 607. The van der Waals surface area contributed by atoms with Gasteiger partial charge in [-0.25, -0.2) is 10.2 Å². The molecule has 2 rings (SSSR count). The van der Waals surface area contributed by atoms with Crippen LogP contribution < -0.4 is 10.7 Å². The maximum Gasteiger partial charge on any atom is 0.339 e. The Hall–Kier alpha value is -2.08. The number of nitrogens with one attached hydrogen (secondary N) is 2. The van der Waals surface area contributed by atoms with E-state index < -0.39 is 6.03 Å². The number of benzene rings is 1. The van der Waals surface area contributed by atoms with Crippen molar-refractivity contribution in [2.24, 2.45) is 5.10 Å². The fraction of sp³-hybridized carbons (Fsp3) is 0.0769. The standard InChI is InChI=1S/C13H12BrN3O2/c1-9-4-2-3-5-11(9)16-13(18)17-15-8-10-6-7-12(14)19-10/h2-8H,1H3,(H2,16,17,18). The number of furan rings is 1. The highest BCUT2D eigenvalue weighted by atomic mass is 79.9. The number of anilines is 1. The van der Waals surface area contributed by atoms with E-state index >= 15 is 0 Å². The topological polar surface area (TPSA) is 66.6 Å². The van der Waals surface area contributed by atoms with Gasteiger partial charge in [0, 0.05) is 5.69 Å². The predicted molar refractivity (Wildman–Crippen MR) is 77.3 cm³/mol. The Morgan fingerprint density at radius 1 is 1.32 bits per heavy atom. The van der Waals surface area contributed by atoms with E-state index in [9.17, 15) is 4.79 Å². The van der Waals surface area contributed by atoms with Crippen molar-refractivity contribution in [1.82, 2.24) is 5.43 Å². The zero-order valence-electron chi connectivity index (χ0n) is 10.2. The third-order valence-corrected chi connectivity index (χ3v) is 2.77. The number of hydrogen-bond donors (Lipinski definition) is 2. The van der Waals surface area contributed by atoms with Gasteiger partial charge in [-0.1, -0.05) is 18.2 Å². The minimum absolute atomic E-state index is 0.406. The molecule has 19 heavy (non-hydrogen) atoms. The lowest BCUT2D eigenvalue weighted by atomic mass is 10.2. The molecule has 0 aliphatic rings. The van der Waals surface area contributed by atoms with Gasteiger partial charge >= 0.3 is 6.03 Å². The molecule has 0 saturated carbocycles. The molecule has 2 amide bonds. The van der Waals surface area contributed by atoms with Gasteiger partial charge in [0.2, 0.25) is 0 Å². The van der Waals surface area contributed by atoms with E-state index in [0.717, 1.165) is 11.3 Å². The van der Waals surface area contributed by atoms with Crippen LogP contribution in [0.25, 0.3) is 0 Å². The highest BCUT2D eigenvalue weighted by Crippen LogP contribution is 2.13. The predicted octanol–water partition coefficient (Wildman–Crippen LogP) is 3.51. The van der Waals surface area contributed by atoms with E-state index in [0.29, 0.717) is 10.4 Å². The number of nitrogens with zero attached hydrogens (tertiary/aromatic N) is 1. The first-order valence-electron chi connectivity index (χ1n) is 5.56.